The fraction of sp³-hybridized carbons (Fsp3) is 0.400. The zero-order valence-corrected chi connectivity index (χ0v) is 12.2. The van der Waals surface area contributed by atoms with Gasteiger partial charge in [0.05, 0.1) is 6.42 Å². The highest BCUT2D eigenvalue weighted by Crippen LogP contribution is 2.18. The minimum Gasteiger partial charge on any atom is -0.368 e. The Hall–Kier alpha value is -2.37. The van der Waals surface area contributed by atoms with Gasteiger partial charge in [-0.2, -0.15) is 0 Å². The van der Waals surface area contributed by atoms with Gasteiger partial charge in [0.1, 0.15) is 6.04 Å². The molecule has 6 nitrogen and oxygen atoms in total. The highest BCUT2D eigenvalue weighted by atomic mass is 16.2. The second-order valence-corrected chi connectivity index (χ2v) is 5.22. The van der Waals surface area contributed by atoms with Crippen molar-refractivity contribution in [3.63, 3.8) is 0 Å². The quantitative estimate of drug-likeness (QED) is 0.810. The van der Waals surface area contributed by atoms with E-state index >= 15 is 0 Å². The van der Waals surface area contributed by atoms with E-state index in [1.807, 2.05) is 19.9 Å². The monoisotopic (exact) mass is 289 g/mol. The summed E-state index contributed by atoms with van der Waals surface area (Å²) in [5, 5.41) is 2.65. The van der Waals surface area contributed by atoms with E-state index in [-0.39, 0.29) is 24.8 Å². The molecule has 1 aliphatic rings. The molecule has 1 saturated heterocycles. The van der Waals surface area contributed by atoms with E-state index in [9.17, 15) is 14.4 Å². The van der Waals surface area contributed by atoms with Gasteiger partial charge in [0.15, 0.2) is 0 Å². The molecule has 21 heavy (non-hydrogen) atoms. The van der Waals surface area contributed by atoms with E-state index < -0.39 is 11.9 Å². The number of carbonyl (C=O) groups is 3. The summed E-state index contributed by atoms with van der Waals surface area (Å²) in [5.41, 5.74) is 7.77. The molecule has 2 rings (SSSR count). The minimum atomic E-state index is -0.903. The molecule has 0 bridgehead atoms. The summed E-state index contributed by atoms with van der Waals surface area (Å²) in [7, 11) is 0. The summed E-state index contributed by atoms with van der Waals surface area (Å²) in [6, 6.07) is 4.55. The Balaban J connectivity index is 2.37. The fourth-order valence-corrected chi connectivity index (χ4v) is 2.46. The largest absolute Gasteiger partial charge is 0.368 e. The standard InChI is InChI=1S/C15H19N3O3/c1-9-4-3-5-11(10(9)2)15(21)18-7-6-17-13(19)8-12(18)14(16)20/h3-5,12H,6-8H2,1-2H3,(H2,16,20)(H,17,19). The summed E-state index contributed by atoms with van der Waals surface area (Å²) >= 11 is 0. The number of nitrogens with zero attached hydrogens (tertiary/aromatic N) is 1. The van der Waals surface area contributed by atoms with Crippen molar-refractivity contribution in [1.29, 1.82) is 0 Å². The third-order valence-electron chi connectivity index (χ3n) is 3.85. The van der Waals surface area contributed by atoms with Crippen molar-refractivity contribution in [3.8, 4) is 0 Å². The Labute approximate surface area is 123 Å². The van der Waals surface area contributed by atoms with E-state index in [1.165, 1.54) is 4.90 Å². The van der Waals surface area contributed by atoms with Crippen molar-refractivity contribution in [2.24, 2.45) is 5.73 Å². The Bertz CT molecular complexity index is 598. The van der Waals surface area contributed by atoms with Gasteiger partial charge in [-0.1, -0.05) is 12.1 Å². The first-order valence-electron chi connectivity index (χ1n) is 6.85. The normalized spacial score (nSPS) is 18.9. The Kier molecular flexibility index (Phi) is 4.26. The lowest BCUT2D eigenvalue weighted by Gasteiger charge is -2.27. The van der Waals surface area contributed by atoms with Crippen LogP contribution in [0.4, 0.5) is 0 Å². The van der Waals surface area contributed by atoms with Crippen molar-refractivity contribution in [1.82, 2.24) is 10.2 Å². The van der Waals surface area contributed by atoms with Crippen molar-refractivity contribution < 1.29 is 14.4 Å². The fourth-order valence-electron chi connectivity index (χ4n) is 2.46. The third kappa shape index (κ3) is 3.04. The van der Waals surface area contributed by atoms with E-state index in [0.29, 0.717) is 12.1 Å². The van der Waals surface area contributed by atoms with Crippen LogP contribution in [0.25, 0.3) is 0 Å². The van der Waals surface area contributed by atoms with Crippen LogP contribution in [0.2, 0.25) is 0 Å². The molecule has 0 radical (unpaired) electrons. The van der Waals surface area contributed by atoms with Crippen molar-refractivity contribution in [3.05, 3.63) is 34.9 Å². The van der Waals surface area contributed by atoms with Gasteiger partial charge in [-0.3, -0.25) is 14.4 Å². The summed E-state index contributed by atoms with van der Waals surface area (Å²) < 4.78 is 0. The number of hydrogen-bond donors (Lipinski definition) is 2. The molecule has 1 aromatic rings. The van der Waals surface area contributed by atoms with Crippen LogP contribution in [0.15, 0.2) is 18.2 Å². The third-order valence-corrected chi connectivity index (χ3v) is 3.85. The van der Waals surface area contributed by atoms with E-state index in [2.05, 4.69) is 5.32 Å². The van der Waals surface area contributed by atoms with Crippen LogP contribution in [-0.2, 0) is 9.59 Å². The average molecular weight is 289 g/mol. The number of nitrogens with one attached hydrogen (secondary N) is 1. The molecule has 0 saturated carbocycles. The van der Waals surface area contributed by atoms with Gasteiger partial charge < -0.3 is 16.0 Å². The van der Waals surface area contributed by atoms with Gasteiger partial charge in [0.2, 0.25) is 11.8 Å². The van der Waals surface area contributed by atoms with Crippen LogP contribution in [0.3, 0.4) is 0 Å². The number of aryl methyl sites for hydroxylation is 1. The molecule has 1 unspecified atom stereocenters. The first kappa shape index (κ1) is 15.0. The Morgan fingerprint density at radius 1 is 1.33 bits per heavy atom. The average Bonchev–Trinajstić information content (AvgIpc) is 2.63. The number of hydrogen-bond acceptors (Lipinski definition) is 3. The topological polar surface area (TPSA) is 92.5 Å². The van der Waals surface area contributed by atoms with Gasteiger partial charge in [-0.15, -0.1) is 0 Å². The van der Waals surface area contributed by atoms with Crippen LogP contribution in [0.5, 0.6) is 0 Å². The van der Waals surface area contributed by atoms with Crippen LogP contribution < -0.4 is 11.1 Å². The Morgan fingerprint density at radius 2 is 2.05 bits per heavy atom. The molecule has 1 aromatic carbocycles. The van der Waals surface area contributed by atoms with Gasteiger partial charge in [0.25, 0.3) is 5.91 Å². The summed E-state index contributed by atoms with van der Waals surface area (Å²) in [6.45, 7) is 4.37. The van der Waals surface area contributed by atoms with Crippen LogP contribution >= 0.6 is 0 Å². The van der Waals surface area contributed by atoms with E-state index in [4.69, 9.17) is 5.73 Å². The van der Waals surface area contributed by atoms with E-state index in [1.54, 1.807) is 12.1 Å². The molecule has 0 spiro atoms. The first-order chi connectivity index (χ1) is 9.91. The van der Waals surface area contributed by atoms with E-state index in [0.717, 1.165) is 11.1 Å². The predicted octanol–water partition coefficient (Wildman–Crippen LogP) is 0.119. The zero-order valence-electron chi connectivity index (χ0n) is 12.2. The second kappa shape index (κ2) is 5.95. The molecule has 0 aromatic heterocycles. The lowest BCUT2D eigenvalue weighted by molar-refractivity contribution is -0.127. The molecule has 1 aliphatic heterocycles. The number of carbonyl (C=O) groups excluding carboxylic acids is 3. The van der Waals surface area contributed by atoms with Gasteiger partial charge in [0, 0.05) is 18.7 Å². The highest BCUT2D eigenvalue weighted by Gasteiger charge is 2.33. The summed E-state index contributed by atoms with van der Waals surface area (Å²) in [4.78, 5) is 37.3. The molecular formula is C15H19N3O3. The predicted molar refractivity (Wildman–Crippen MR) is 77.6 cm³/mol. The molecule has 3 amide bonds. The van der Waals surface area contributed by atoms with Gasteiger partial charge >= 0.3 is 0 Å². The maximum absolute atomic E-state index is 12.7. The maximum Gasteiger partial charge on any atom is 0.254 e. The van der Waals surface area contributed by atoms with Gasteiger partial charge in [-0.25, -0.2) is 0 Å². The SMILES string of the molecule is Cc1cccc(C(=O)N2CCNC(=O)CC2C(N)=O)c1C. The van der Waals surface area contributed by atoms with Gasteiger partial charge in [-0.05, 0) is 31.0 Å². The molecule has 6 heteroatoms. The van der Waals surface area contributed by atoms with Crippen molar-refractivity contribution >= 4 is 17.7 Å². The molecule has 1 atom stereocenters. The smallest absolute Gasteiger partial charge is 0.254 e. The number of rotatable bonds is 2. The number of benzene rings is 1. The summed E-state index contributed by atoms with van der Waals surface area (Å²) in [6.07, 6.45) is -0.0913. The van der Waals surface area contributed by atoms with Crippen LogP contribution in [-0.4, -0.2) is 41.8 Å². The van der Waals surface area contributed by atoms with Crippen molar-refractivity contribution in [2.45, 2.75) is 26.3 Å². The Morgan fingerprint density at radius 3 is 2.71 bits per heavy atom. The first-order valence-corrected chi connectivity index (χ1v) is 6.85. The molecular weight excluding hydrogens is 270 g/mol. The minimum absolute atomic E-state index is 0.0913. The molecule has 112 valence electrons. The van der Waals surface area contributed by atoms with Crippen LogP contribution in [0.1, 0.15) is 27.9 Å². The molecule has 0 aliphatic carbocycles. The number of primary amides is 1. The van der Waals surface area contributed by atoms with Crippen molar-refractivity contribution in [2.75, 3.05) is 13.1 Å². The lowest BCUT2D eigenvalue weighted by Crippen LogP contribution is -2.48. The number of amides is 3. The highest BCUT2D eigenvalue weighted by molar-refractivity contribution is 6.00. The number of nitrogens with two attached hydrogens (primary N) is 1. The lowest BCUT2D eigenvalue weighted by atomic mass is 10.0. The molecule has 1 fully saturated rings. The second-order valence-electron chi connectivity index (χ2n) is 5.22. The molecule has 3 N–H and O–H groups in total. The zero-order chi connectivity index (χ0) is 15.6. The summed E-state index contributed by atoms with van der Waals surface area (Å²) in [5.74, 6) is -1.20. The maximum atomic E-state index is 12.7. The van der Waals surface area contributed by atoms with Crippen LogP contribution in [0, 0.1) is 13.8 Å². The molecule has 1 heterocycles.